The van der Waals surface area contributed by atoms with Gasteiger partial charge in [0.2, 0.25) is 0 Å². The number of carbonyl (C=O) groups excluding carboxylic acids is 1. The van der Waals surface area contributed by atoms with Crippen molar-refractivity contribution in [2.45, 2.75) is 13.0 Å². The molecule has 2 N–H and O–H groups in total. The van der Waals surface area contributed by atoms with Crippen LogP contribution in [0.25, 0.3) is 0 Å². The molecule has 0 spiro atoms. The molecule has 0 bridgehead atoms. The van der Waals surface area contributed by atoms with Gasteiger partial charge in [0, 0.05) is 32.7 Å². The Bertz CT molecular complexity index is 203. The standard InChI is InChI=1S/C10H21N3O2/c1-3-12-4-6-13(7-5-12)8-9(11)10(14)15-2/h9H,3-8,11H2,1-2H3. The van der Waals surface area contributed by atoms with Crippen molar-refractivity contribution in [1.29, 1.82) is 0 Å². The molecule has 5 heteroatoms. The second-order valence-corrected chi connectivity index (χ2v) is 3.86. The van der Waals surface area contributed by atoms with E-state index in [1.807, 2.05) is 0 Å². The van der Waals surface area contributed by atoms with Crippen molar-refractivity contribution in [3.8, 4) is 0 Å². The first-order chi connectivity index (χ1) is 7.17. The second kappa shape index (κ2) is 6.05. The van der Waals surface area contributed by atoms with Crippen LogP contribution in [0.4, 0.5) is 0 Å². The largest absolute Gasteiger partial charge is 0.468 e. The minimum Gasteiger partial charge on any atom is -0.468 e. The summed E-state index contributed by atoms with van der Waals surface area (Å²) >= 11 is 0. The maximum Gasteiger partial charge on any atom is 0.323 e. The molecule has 88 valence electrons. The molecule has 15 heavy (non-hydrogen) atoms. The topological polar surface area (TPSA) is 58.8 Å². The minimum atomic E-state index is -0.511. The van der Waals surface area contributed by atoms with E-state index in [1.54, 1.807) is 0 Å². The summed E-state index contributed by atoms with van der Waals surface area (Å²) in [6, 6.07) is -0.511. The zero-order valence-corrected chi connectivity index (χ0v) is 9.61. The van der Waals surface area contributed by atoms with E-state index in [9.17, 15) is 4.79 Å². The molecule has 0 saturated carbocycles. The van der Waals surface area contributed by atoms with E-state index in [2.05, 4.69) is 21.5 Å². The lowest BCUT2D eigenvalue weighted by Gasteiger charge is -2.34. The minimum absolute atomic E-state index is 0.326. The fourth-order valence-corrected chi connectivity index (χ4v) is 1.79. The maximum atomic E-state index is 11.1. The Hall–Kier alpha value is -0.650. The Morgan fingerprint density at radius 1 is 1.33 bits per heavy atom. The third-order valence-electron chi connectivity index (χ3n) is 2.87. The van der Waals surface area contributed by atoms with Gasteiger partial charge in [-0.2, -0.15) is 0 Å². The highest BCUT2D eigenvalue weighted by Crippen LogP contribution is 2.01. The van der Waals surface area contributed by atoms with Gasteiger partial charge in [-0.25, -0.2) is 0 Å². The smallest absolute Gasteiger partial charge is 0.323 e. The predicted octanol–water partition coefficient (Wildman–Crippen LogP) is -0.876. The van der Waals surface area contributed by atoms with Crippen molar-refractivity contribution in [1.82, 2.24) is 9.80 Å². The van der Waals surface area contributed by atoms with Crippen LogP contribution in [0.15, 0.2) is 0 Å². The Morgan fingerprint density at radius 3 is 2.33 bits per heavy atom. The number of piperazine rings is 1. The van der Waals surface area contributed by atoms with E-state index < -0.39 is 6.04 Å². The summed E-state index contributed by atoms with van der Waals surface area (Å²) in [4.78, 5) is 15.7. The van der Waals surface area contributed by atoms with Gasteiger partial charge in [-0.15, -0.1) is 0 Å². The number of nitrogens with zero attached hydrogens (tertiary/aromatic N) is 2. The molecule has 1 aliphatic rings. The Labute approximate surface area is 91.2 Å². The Balaban J connectivity index is 2.26. The highest BCUT2D eigenvalue weighted by Gasteiger charge is 2.21. The Kier molecular flexibility index (Phi) is 5.01. The third kappa shape index (κ3) is 3.77. The van der Waals surface area contributed by atoms with Crippen LogP contribution in [-0.2, 0) is 9.53 Å². The number of carbonyl (C=O) groups is 1. The summed E-state index contributed by atoms with van der Waals surface area (Å²) in [5.41, 5.74) is 5.70. The molecule has 1 fully saturated rings. The summed E-state index contributed by atoms with van der Waals surface area (Å²) < 4.78 is 4.59. The highest BCUT2D eigenvalue weighted by atomic mass is 16.5. The number of esters is 1. The van der Waals surface area contributed by atoms with E-state index in [1.165, 1.54) is 7.11 Å². The molecule has 1 unspecified atom stereocenters. The van der Waals surface area contributed by atoms with Crippen LogP contribution in [0.2, 0.25) is 0 Å². The maximum absolute atomic E-state index is 11.1. The number of hydrogen-bond donors (Lipinski definition) is 1. The van der Waals surface area contributed by atoms with Gasteiger partial charge in [-0.05, 0) is 6.54 Å². The number of nitrogens with two attached hydrogens (primary N) is 1. The van der Waals surface area contributed by atoms with Crippen molar-refractivity contribution in [3.63, 3.8) is 0 Å². The number of ether oxygens (including phenoxy) is 1. The first-order valence-corrected chi connectivity index (χ1v) is 5.45. The average Bonchev–Trinajstić information content (AvgIpc) is 2.29. The van der Waals surface area contributed by atoms with Gasteiger partial charge < -0.3 is 15.4 Å². The molecular formula is C10H21N3O2. The monoisotopic (exact) mass is 215 g/mol. The number of hydrogen-bond acceptors (Lipinski definition) is 5. The van der Waals surface area contributed by atoms with Gasteiger partial charge in [0.25, 0.3) is 0 Å². The first kappa shape index (κ1) is 12.4. The highest BCUT2D eigenvalue weighted by molar-refractivity contribution is 5.75. The number of rotatable bonds is 4. The summed E-state index contributed by atoms with van der Waals surface area (Å²) in [6.07, 6.45) is 0. The van der Waals surface area contributed by atoms with Crippen molar-refractivity contribution in [3.05, 3.63) is 0 Å². The fraction of sp³-hybridized carbons (Fsp3) is 0.900. The van der Waals surface area contributed by atoms with Crippen LogP contribution in [0.1, 0.15) is 6.92 Å². The molecule has 0 aromatic heterocycles. The predicted molar refractivity (Wildman–Crippen MR) is 58.5 cm³/mol. The third-order valence-corrected chi connectivity index (χ3v) is 2.87. The van der Waals surface area contributed by atoms with E-state index in [-0.39, 0.29) is 5.97 Å². The molecule has 0 radical (unpaired) electrons. The van der Waals surface area contributed by atoms with E-state index >= 15 is 0 Å². The molecule has 1 heterocycles. The molecule has 1 rings (SSSR count). The molecule has 1 atom stereocenters. The van der Waals surface area contributed by atoms with Crippen LogP contribution in [0, 0.1) is 0 Å². The lowest BCUT2D eigenvalue weighted by molar-refractivity contribution is -0.142. The van der Waals surface area contributed by atoms with Gasteiger partial charge in [0.1, 0.15) is 6.04 Å². The van der Waals surface area contributed by atoms with Gasteiger partial charge in [0.05, 0.1) is 7.11 Å². The molecular weight excluding hydrogens is 194 g/mol. The van der Waals surface area contributed by atoms with Gasteiger partial charge in [-0.1, -0.05) is 6.92 Å². The second-order valence-electron chi connectivity index (χ2n) is 3.86. The summed E-state index contributed by atoms with van der Waals surface area (Å²) in [5.74, 6) is -0.326. The van der Waals surface area contributed by atoms with Crippen LogP contribution < -0.4 is 5.73 Å². The zero-order valence-electron chi connectivity index (χ0n) is 9.61. The normalized spacial score (nSPS) is 21.3. The van der Waals surface area contributed by atoms with Gasteiger partial charge in [0.15, 0.2) is 0 Å². The van der Waals surface area contributed by atoms with Crippen LogP contribution >= 0.6 is 0 Å². The number of methoxy groups -OCH3 is 1. The van der Waals surface area contributed by atoms with Gasteiger partial charge >= 0.3 is 5.97 Å². The van der Waals surface area contributed by atoms with Crippen molar-refractivity contribution < 1.29 is 9.53 Å². The van der Waals surface area contributed by atoms with Crippen molar-refractivity contribution >= 4 is 5.97 Å². The molecule has 0 amide bonds. The van der Waals surface area contributed by atoms with Gasteiger partial charge in [-0.3, -0.25) is 9.69 Å². The van der Waals surface area contributed by atoms with E-state index in [4.69, 9.17) is 5.73 Å². The number of likely N-dealkylation sites (N-methyl/N-ethyl adjacent to an activating group) is 1. The van der Waals surface area contributed by atoms with E-state index in [0.717, 1.165) is 32.7 Å². The van der Waals surface area contributed by atoms with Crippen molar-refractivity contribution in [2.75, 3.05) is 46.4 Å². The lowest BCUT2D eigenvalue weighted by atomic mass is 10.2. The summed E-state index contributed by atoms with van der Waals surface area (Å²) in [7, 11) is 1.37. The average molecular weight is 215 g/mol. The fourth-order valence-electron chi connectivity index (χ4n) is 1.79. The zero-order chi connectivity index (χ0) is 11.3. The lowest BCUT2D eigenvalue weighted by Crippen LogP contribution is -2.51. The molecule has 0 aliphatic carbocycles. The summed E-state index contributed by atoms with van der Waals surface area (Å²) in [6.45, 7) is 7.95. The molecule has 5 nitrogen and oxygen atoms in total. The molecule has 1 saturated heterocycles. The van der Waals surface area contributed by atoms with E-state index in [0.29, 0.717) is 6.54 Å². The molecule has 0 aromatic carbocycles. The van der Waals surface area contributed by atoms with Crippen LogP contribution in [0.5, 0.6) is 0 Å². The first-order valence-electron chi connectivity index (χ1n) is 5.45. The quantitative estimate of drug-likeness (QED) is 0.617. The van der Waals surface area contributed by atoms with Crippen LogP contribution in [-0.4, -0.2) is 68.2 Å². The molecule has 1 aliphatic heterocycles. The SMILES string of the molecule is CCN1CCN(CC(N)C(=O)OC)CC1. The van der Waals surface area contributed by atoms with Crippen LogP contribution in [0.3, 0.4) is 0 Å². The Morgan fingerprint density at radius 2 is 1.87 bits per heavy atom. The summed E-state index contributed by atoms with van der Waals surface area (Å²) in [5, 5.41) is 0. The van der Waals surface area contributed by atoms with Crippen molar-refractivity contribution in [2.24, 2.45) is 5.73 Å². The molecule has 0 aromatic rings.